The van der Waals surface area contributed by atoms with Gasteiger partial charge in [0.2, 0.25) is 0 Å². The van der Waals surface area contributed by atoms with Gasteiger partial charge in [0.1, 0.15) is 0 Å². The molecule has 0 rings (SSSR count). The molecule has 0 aliphatic carbocycles. The van der Waals surface area contributed by atoms with Gasteiger partial charge in [-0.25, -0.2) is 0 Å². The topological polar surface area (TPSA) is 80.7 Å². The average molecular weight is 196 g/mol. The van der Waals surface area contributed by atoms with Gasteiger partial charge in [-0.2, -0.15) is 8.42 Å². The zero-order valence-corrected chi connectivity index (χ0v) is 7.80. The van der Waals surface area contributed by atoms with Crippen molar-refractivity contribution in [3.63, 3.8) is 0 Å². The van der Waals surface area contributed by atoms with Gasteiger partial charge in [-0.1, -0.05) is 13.8 Å². The van der Waals surface area contributed by atoms with Crippen LogP contribution in [0.5, 0.6) is 0 Å². The number of rotatable bonds is 4. The zero-order valence-electron chi connectivity index (χ0n) is 6.98. The SMILES string of the molecule is CC(C)COC(=O)CS(=O)(=O)O. The third kappa shape index (κ3) is 7.49. The fourth-order valence-electron chi connectivity index (χ4n) is 0.450. The second-order valence-corrected chi connectivity index (χ2v) is 4.26. The van der Waals surface area contributed by atoms with Crippen LogP contribution in [0.2, 0.25) is 0 Å². The van der Waals surface area contributed by atoms with Gasteiger partial charge in [0.15, 0.2) is 5.75 Å². The Bertz CT molecular complexity index is 241. The van der Waals surface area contributed by atoms with Crippen LogP contribution in [0, 0.1) is 5.92 Å². The summed E-state index contributed by atoms with van der Waals surface area (Å²) in [6, 6.07) is 0. The molecule has 1 N–H and O–H groups in total. The van der Waals surface area contributed by atoms with Gasteiger partial charge in [-0.3, -0.25) is 9.35 Å². The highest BCUT2D eigenvalue weighted by atomic mass is 32.2. The van der Waals surface area contributed by atoms with Crippen LogP contribution in [-0.4, -0.2) is 31.3 Å². The van der Waals surface area contributed by atoms with Crippen molar-refractivity contribution < 1.29 is 22.5 Å². The summed E-state index contributed by atoms with van der Waals surface area (Å²) in [6.07, 6.45) is 0. The maximum atomic E-state index is 10.6. The number of hydrogen-bond acceptors (Lipinski definition) is 4. The molecule has 0 heterocycles. The van der Waals surface area contributed by atoms with E-state index in [1.807, 2.05) is 13.8 Å². The van der Waals surface area contributed by atoms with Crippen LogP contribution in [0.25, 0.3) is 0 Å². The molecule has 72 valence electrons. The lowest BCUT2D eigenvalue weighted by atomic mass is 10.2. The zero-order chi connectivity index (χ0) is 9.78. The monoisotopic (exact) mass is 196 g/mol. The fraction of sp³-hybridized carbons (Fsp3) is 0.833. The van der Waals surface area contributed by atoms with Crippen molar-refractivity contribution in [2.24, 2.45) is 5.92 Å². The first-order valence-electron chi connectivity index (χ1n) is 3.42. The minimum absolute atomic E-state index is 0.148. The van der Waals surface area contributed by atoms with E-state index < -0.39 is 21.8 Å². The molecule has 0 fully saturated rings. The molecule has 0 aromatic rings. The number of carbonyl (C=O) groups is 1. The quantitative estimate of drug-likeness (QED) is 0.508. The summed E-state index contributed by atoms with van der Waals surface area (Å²) in [5, 5.41) is 0. The molecule has 0 aliphatic rings. The van der Waals surface area contributed by atoms with E-state index in [1.54, 1.807) is 0 Å². The van der Waals surface area contributed by atoms with Gasteiger partial charge in [-0.05, 0) is 5.92 Å². The standard InChI is InChI=1S/C6H12O5S/c1-5(2)3-11-6(7)4-12(8,9)10/h5H,3-4H2,1-2H3,(H,8,9,10). The van der Waals surface area contributed by atoms with Crippen molar-refractivity contribution in [1.82, 2.24) is 0 Å². The van der Waals surface area contributed by atoms with E-state index in [0.29, 0.717) is 0 Å². The van der Waals surface area contributed by atoms with Crippen LogP contribution >= 0.6 is 0 Å². The Morgan fingerprint density at radius 1 is 1.50 bits per heavy atom. The number of carbonyl (C=O) groups excluding carboxylic acids is 1. The summed E-state index contributed by atoms with van der Waals surface area (Å²) < 4.78 is 33.0. The molecular weight excluding hydrogens is 184 g/mol. The summed E-state index contributed by atoms with van der Waals surface area (Å²) in [7, 11) is -4.25. The molecule has 0 saturated heterocycles. The van der Waals surface area contributed by atoms with Crippen molar-refractivity contribution in [3.8, 4) is 0 Å². The van der Waals surface area contributed by atoms with E-state index in [-0.39, 0.29) is 12.5 Å². The van der Waals surface area contributed by atoms with Crippen molar-refractivity contribution in [3.05, 3.63) is 0 Å². The summed E-state index contributed by atoms with van der Waals surface area (Å²) in [5.74, 6) is -1.75. The average Bonchev–Trinajstić information content (AvgIpc) is 1.79. The molecule has 0 atom stereocenters. The van der Waals surface area contributed by atoms with Gasteiger partial charge in [0.25, 0.3) is 10.1 Å². The highest BCUT2D eigenvalue weighted by Crippen LogP contribution is 1.94. The van der Waals surface area contributed by atoms with Gasteiger partial charge < -0.3 is 4.74 Å². The molecule has 12 heavy (non-hydrogen) atoms. The molecule has 0 radical (unpaired) electrons. The van der Waals surface area contributed by atoms with E-state index in [2.05, 4.69) is 4.74 Å². The number of hydrogen-bond donors (Lipinski definition) is 1. The Kier molecular flexibility index (Phi) is 4.19. The molecule has 0 saturated carbocycles. The molecule has 0 unspecified atom stereocenters. The summed E-state index contributed by atoms with van der Waals surface area (Å²) in [5.41, 5.74) is 0. The van der Waals surface area contributed by atoms with E-state index >= 15 is 0 Å². The lowest BCUT2D eigenvalue weighted by Gasteiger charge is -2.05. The molecule has 0 bridgehead atoms. The van der Waals surface area contributed by atoms with E-state index in [0.717, 1.165) is 0 Å². The second kappa shape index (κ2) is 4.42. The van der Waals surface area contributed by atoms with Crippen LogP contribution in [0.4, 0.5) is 0 Å². The van der Waals surface area contributed by atoms with E-state index in [1.165, 1.54) is 0 Å². The summed E-state index contributed by atoms with van der Waals surface area (Å²) in [4.78, 5) is 10.6. The molecule has 0 amide bonds. The third-order valence-corrected chi connectivity index (χ3v) is 1.48. The maximum Gasteiger partial charge on any atom is 0.323 e. The van der Waals surface area contributed by atoms with Crippen molar-refractivity contribution >= 4 is 16.1 Å². The second-order valence-electron chi connectivity index (χ2n) is 2.80. The van der Waals surface area contributed by atoms with Gasteiger partial charge >= 0.3 is 5.97 Å². The van der Waals surface area contributed by atoms with E-state index in [4.69, 9.17) is 4.55 Å². The van der Waals surface area contributed by atoms with Gasteiger partial charge in [0.05, 0.1) is 6.61 Å². The Morgan fingerprint density at radius 3 is 2.33 bits per heavy atom. The lowest BCUT2D eigenvalue weighted by molar-refractivity contribution is -0.141. The van der Waals surface area contributed by atoms with Gasteiger partial charge in [-0.15, -0.1) is 0 Å². The predicted molar refractivity (Wildman–Crippen MR) is 42.2 cm³/mol. The minimum Gasteiger partial charge on any atom is -0.465 e. The third-order valence-electron chi connectivity index (χ3n) is 0.878. The first-order chi connectivity index (χ1) is 5.31. The minimum atomic E-state index is -4.25. The molecule has 6 heteroatoms. The molecule has 0 aliphatic heterocycles. The first kappa shape index (κ1) is 11.4. The highest BCUT2D eigenvalue weighted by Gasteiger charge is 2.14. The first-order valence-corrected chi connectivity index (χ1v) is 5.03. The Morgan fingerprint density at radius 2 is 2.00 bits per heavy atom. The van der Waals surface area contributed by atoms with Gasteiger partial charge in [0, 0.05) is 0 Å². The lowest BCUT2D eigenvalue weighted by Crippen LogP contribution is -2.19. The number of esters is 1. The molecule has 0 aromatic heterocycles. The van der Waals surface area contributed by atoms with Crippen LogP contribution in [0.3, 0.4) is 0 Å². The normalized spacial score (nSPS) is 11.7. The Labute approximate surface area is 71.5 Å². The smallest absolute Gasteiger partial charge is 0.323 e. The van der Waals surface area contributed by atoms with Crippen LogP contribution in [0.15, 0.2) is 0 Å². The summed E-state index contributed by atoms with van der Waals surface area (Å²) in [6.45, 7) is 3.80. The van der Waals surface area contributed by atoms with Crippen molar-refractivity contribution in [2.75, 3.05) is 12.4 Å². The summed E-state index contributed by atoms with van der Waals surface area (Å²) >= 11 is 0. The highest BCUT2D eigenvalue weighted by molar-refractivity contribution is 7.86. The Hall–Kier alpha value is -0.620. The van der Waals surface area contributed by atoms with Crippen LogP contribution < -0.4 is 0 Å². The Balaban J connectivity index is 3.77. The molecular formula is C6H12O5S. The van der Waals surface area contributed by atoms with E-state index in [9.17, 15) is 13.2 Å². The molecule has 5 nitrogen and oxygen atoms in total. The fourth-order valence-corrected chi connectivity index (χ4v) is 0.831. The molecule has 0 spiro atoms. The molecule has 0 aromatic carbocycles. The predicted octanol–water partition coefficient (Wildman–Crippen LogP) is 0.0734. The largest absolute Gasteiger partial charge is 0.465 e. The maximum absolute atomic E-state index is 10.6. The number of ether oxygens (including phenoxy) is 1. The van der Waals surface area contributed by atoms with Crippen LogP contribution in [0.1, 0.15) is 13.8 Å². The van der Waals surface area contributed by atoms with Crippen molar-refractivity contribution in [1.29, 1.82) is 0 Å². The van der Waals surface area contributed by atoms with Crippen LogP contribution in [-0.2, 0) is 19.6 Å². The van der Waals surface area contributed by atoms with Crippen molar-refractivity contribution in [2.45, 2.75) is 13.8 Å².